The van der Waals surface area contributed by atoms with Gasteiger partial charge >= 0.3 is 0 Å². The van der Waals surface area contributed by atoms with Gasteiger partial charge in [0.2, 0.25) is 10.0 Å². The average molecular weight is 529 g/mol. The van der Waals surface area contributed by atoms with E-state index in [9.17, 15) is 17.2 Å². The smallest absolute Gasteiger partial charge is 0.208 e. The number of halogens is 2. The van der Waals surface area contributed by atoms with Crippen LogP contribution < -0.4 is 14.4 Å². The van der Waals surface area contributed by atoms with Crippen LogP contribution in [0.2, 0.25) is 0 Å². The lowest BCUT2D eigenvalue weighted by atomic mass is 9.87. The Morgan fingerprint density at radius 1 is 1.16 bits per heavy atom. The molecule has 1 N–H and O–H groups in total. The fourth-order valence-electron chi connectivity index (χ4n) is 5.17. The van der Waals surface area contributed by atoms with Gasteiger partial charge in [-0.15, -0.1) is 0 Å². The molecule has 2 aromatic carbocycles. The highest BCUT2D eigenvalue weighted by Gasteiger charge is 2.26. The predicted octanol–water partition coefficient (Wildman–Crippen LogP) is 4.03. The Bertz CT molecular complexity index is 1450. The van der Waals surface area contributed by atoms with Crippen LogP contribution in [0.4, 0.5) is 14.5 Å². The van der Waals surface area contributed by atoms with Gasteiger partial charge in [-0.25, -0.2) is 31.9 Å². The van der Waals surface area contributed by atoms with Crippen LogP contribution in [-0.4, -0.2) is 49.9 Å². The van der Waals surface area contributed by atoms with Gasteiger partial charge in [0.15, 0.2) is 17.4 Å². The number of fused-ring (bicyclic) bond motifs is 2. The number of nitrogens with one attached hydrogen (secondary N) is 1. The standard InChI is InChI=1S/C27H30F2N4O3S/c1-16(2)33-8-9-36-27-22(28)13-20(14-24(27)33)26-23(29)15-30-25(31-26)11-17-4-5-19-12-21(32-37(3,34)35)7-6-18(19)10-17/h4-5,10,13-16,21,32H,6-9,11-12H2,1-3H3. The van der Waals surface area contributed by atoms with Crippen molar-refractivity contribution in [1.82, 2.24) is 14.7 Å². The fourth-order valence-corrected chi connectivity index (χ4v) is 5.98. The molecule has 7 nitrogen and oxygen atoms in total. The molecule has 2 aliphatic rings. The van der Waals surface area contributed by atoms with Crippen LogP contribution in [0.1, 0.15) is 42.8 Å². The van der Waals surface area contributed by atoms with Crippen LogP contribution >= 0.6 is 0 Å². The van der Waals surface area contributed by atoms with Crippen molar-refractivity contribution in [1.29, 1.82) is 0 Å². The Kier molecular flexibility index (Phi) is 6.89. The van der Waals surface area contributed by atoms with Crippen molar-refractivity contribution < 1.29 is 21.9 Å². The first kappa shape index (κ1) is 25.5. The number of rotatable bonds is 6. The van der Waals surface area contributed by atoms with Gasteiger partial charge < -0.3 is 9.64 Å². The third-order valence-corrected chi connectivity index (χ3v) is 7.61. The van der Waals surface area contributed by atoms with Gasteiger partial charge in [0, 0.05) is 24.1 Å². The second kappa shape index (κ2) is 9.98. The summed E-state index contributed by atoms with van der Waals surface area (Å²) in [7, 11) is -3.25. The topological polar surface area (TPSA) is 84.4 Å². The van der Waals surface area contributed by atoms with E-state index in [0.717, 1.165) is 35.7 Å². The van der Waals surface area contributed by atoms with Crippen molar-refractivity contribution in [3.8, 4) is 17.0 Å². The summed E-state index contributed by atoms with van der Waals surface area (Å²) < 4.78 is 61.2. The number of anilines is 1. The highest BCUT2D eigenvalue weighted by Crippen LogP contribution is 2.39. The van der Waals surface area contributed by atoms with Crippen molar-refractivity contribution in [3.63, 3.8) is 0 Å². The molecule has 3 aromatic rings. The molecule has 1 aliphatic carbocycles. The van der Waals surface area contributed by atoms with Gasteiger partial charge in [0.1, 0.15) is 18.1 Å². The summed E-state index contributed by atoms with van der Waals surface area (Å²) in [6.07, 6.45) is 4.82. The molecule has 1 aromatic heterocycles. The Labute approximate surface area is 216 Å². The first-order valence-corrected chi connectivity index (χ1v) is 14.3. The van der Waals surface area contributed by atoms with E-state index in [1.54, 1.807) is 6.07 Å². The normalized spacial score (nSPS) is 17.4. The maximum atomic E-state index is 15.0. The third-order valence-electron chi connectivity index (χ3n) is 6.84. The largest absolute Gasteiger partial charge is 0.486 e. The number of hydrogen-bond donors (Lipinski definition) is 1. The van der Waals surface area contributed by atoms with E-state index in [1.807, 2.05) is 30.9 Å². The van der Waals surface area contributed by atoms with Crippen LogP contribution in [0.15, 0.2) is 36.5 Å². The van der Waals surface area contributed by atoms with Gasteiger partial charge in [-0.05, 0) is 61.9 Å². The highest BCUT2D eigenvalue weighted by molar-refractivity contribution is 7.88. The summed E-state index contributed by atoms with van der Waals surface area (Å²) in [4.78, 5) is 10.7. The number of ether oxygens (including phenoxy) is 1. The van der Waals surface area contributed by atoms with E-state index in [0.29, 0.717) is 43.1 Å². The average Bonchev–Trinajstić information content (AvgIpc) is 2.84. The lowest BCUT2D eigenvalue weighted by molar-refractivity contribution is 0.287. The molecule has 1 atom stereocenters. The first-order chi connectivity index (χ1) is 17.6. The number of hydrogen-bond acceptors (Lipinski definition) is 6. The molecule has 0 amide bonds. The molecule has 10 heteroatoms. The number of aromatic nitrogens is 2. The maximum Gasteiger partial charge on any atom is 0.208 e. The zero-order valence-corrected chi connectivity index (χ0v) is 21.9. The maximum absolute atomic E-state index is 15.0. The molecule has 5 rings (SSSR count). The first-order valence-electron chi connectivity index (χ1n) is 12.4. The molecule has 0 saturated heterocycles. The van der Waals surface area contributed by atoms with Crippen LogP contribution in [0.25, 0.3) is 11.3 Å². The SMILES string of the molecule is CC(C)N1CCOc2c(F)cc(-c3nc(Cc4ccc5c(c4)CCC(NS(C)(=O)=O)C5)ncc3F)cc21. The molecular formula is C27H30F2N4O3S. The molecule has 2 heterocycles. The van der Waals surface area contributed by atoms with Gasteiger partial charge in [-0.2, -0.15) is 0 Å². The van der Waals surface area contributed by atoms with E-state index in [1.165, 1.54) is 12.3 Å². The summed E-state index contributed by atoms with van der Waals surface area (Å²) in [6, 6.07) is 9.06. The van der Waals surface area contributed by atoms with Gasteiger partial charge in [-0.3, -0.25) is 0 Å². The second-order valence-corrected chi connectivity index (χ2v) is 11.8. The molecule has 1 unspecified atom stereocenters. The lowest BCUT2D eigenvalue weighted by Crippen LogP contribution is -2.38. The Balaban J connectivity index is 1.40. The minimum atomic E-state index is -3.25. The Morgan fingerprint density at radius 3 is 2.73 bits per heavy atom. The second-order valence-electron chi connectivity index (χ2n) is 10.0. The monoisotopic (exact) mass is 528 g/mol. The molecule has 0 bridgehead atoms. The summed E-state index contributed by atoms with van der Waals surface area (Å²) >= 11 is 0. The lowest BCUT2D eigenvalue weighted by Gasteiger charge is -2.34. The van der Waals surface area contributed by atoms with Crippen molar-refractivity contribution in [2.24, 2.45) is 0 Å². The van der Waals surface area contributed by atoms with Crippen LogP contribution in [-0.2, 0) is 29.3 Å². The molecular weight excluding hydrogens is 498 g/mol. The molecule has 0 spiro atoms. The van der Waals surface area contributed by atoms with Crippen molar-refractivity contribution in [3.05, 3.63) is 70.7 Å². The number of sulfonamides is 1. The van der Waals surface area contributed by atoms with Crippen LogP contribution in [0, 0.1) is 11.6 Å². The van der Waals surface area contributed by atoms with Crippen molar-refractivity contribution >= 4 is 15.7 Å². The quantitative estimate of drug-likeness (QED) is 0.520. The minimum Gasteiger partial charge on any atom is -0.486 e. The highest BCUT2D eigenvalue weighted by atomic mass is 32.2. The summed E-state index contributed by atoms with van der Waals surface area (Å²) in [5.74, 6) is -0.554. The van der Waals surface area contributed by atoms with Gasteiger partial charge in [0.25, 0.3) is 0 Å². The Morgan fingerprint density at radius 2 is 1.97 bits per heavy atom. The molecule has 1 aliphatic heterocycles. The Hall–Kier alpha value is -3.11. The van der Waals surface area contributed by atoms with E-state index in [-0.39, 0.29) is 23.5 Å². The van der Waals surface area contributed by atoms with Crippen LogP contribution in [0.3, 0.4) is 0 Å². The number of benzene rings is 2. The van der Waals surface area contributed by atoms with Gasteiger partial charge in [-0.1, -0.05) is 18.2 Å². The third kappa shape index (κ3) is 5.60. The fraction of sp³-hybridized carbons (Fsp3) is 0.407. The van der Waals surface area contributed by atoms with Crippen LogP contribution in [0.5, 0.6) is 5.75 Å². The molecule has 0 radical (unpaired) electrons. The van der Waals surface area contributed by atoms with Crippen molar-refractivity contribution in [2.45, 2.75) is 51.6 Å². The van der Waals surface area contributed by atoms with Crippen molar-refractivity contribution in [2.75, 3.05) is 24.3 Å². The molecule has 0 saturated carbocycles. The number of aryl methyl sites for hydroxylation is 1. The number of nitrogens with zero attached hydrogens (tertiary/aromatic N) is 3. The zero-order valence-electron chi connectivity index (χ0n) is 21.1. The zero-order chi connectivity index (χ0) is 26.3. The van der Waals surface area contributed by atoms with E-state index in [2.05, 4.69) is 20.8 Å². The molecule has 196 valence electrons. The predicted molar refractivity (Wildman–Crippen MR) is 138 cm³/mol. The van der Waals surface area contributed by atoms with E-state index in [4.69, 9.17) is 4.74 Å². The molecule has 0 fully saturated rings. The summed E-state index contributed by atoms with van der Waals surface area (Å²) in [5.41, 5.74) is 4.23. The van der Waals surface area contributed by atoms with E-state index < -0.39 is 21.7 Å². The van der Waals surface area contributed by atoms with Gasteiger partial charge in [0.05, 0.1) is 24.7 Å². The summed E-state index contributed by atoms with van der Waals surface area (Å²) in [6.45, 7) is 5.05. The minimum absolute atomic E-state index is 0.0497. The van der Waals surface area contributed by atoms with E-state index >= 15 is 0 Å². The summed E-state index contributed by atoms with van der Waals surface area (Å²) in [5, 5.41) is 0. The molecule has 37 heavy (non-hydrogen) atoms.